The number of hydrogen-bond donors (Lipinski definition) is 3. The molecule has 0 aliphatic rings. The second-order valence-electron chi connectivity index (χ2n) is 7.00. The van der Waals surface area contributed by atoms with Crippen LogP contribution in [0.1, 0.15) is 11.1 Å². The van der Waals surface area contributed by atoms with Crippen molar-refractivity contribution in [3.8, 4) is 22.5 Å². The van der Waals surface area contributed by atoms with Gasteiger partial charge in [0.25, 0.3) is 0 Å². The summed E-state index contributed by atoms with van der Waals surface area (Å²) in [6, 6.07) is 17.0. The molecular formula is C22H17F3N6O. The maximum atomic E-state index is 13.2. The molecule has 1 aromatic heterocycles. The van der Waals surface area contributed by atoms with Crippen molar-refractivity contribution >= 4 is 17.4 Å². The van der Waals surface area contributed by atoms with E-state index in [1.165, 1.54) is 18.2 Å². The molecule has 0 atom stereocenters. The summed E-state index contributed by atoms with van der Waals surface area (Å²) >= 11 is 0. The van der Waals surface area contributed by atoms with Crippen LogP contribution in [0.4, 0.5) is 29.3 Å². The normalized spacial score (nSPS) is 11.2. The maximum absolute atomic E-state index is 13.2. The number of aryl methyl sites for hydroxylation is 1. The van der Waals surface area contributed by atoms with E-state index in [4.69, 9.17) is 0 Å². The number of nitrogens with one attached hydrogen (secondary N) is 3. The van der Waals surface area contributed by atoms with E-state index in [9.17, 15) is 18.0 Å². The number of carbonyl (C=O) groups excluding carboxylic acids is 1. The Bertz CT molecular complexity index is 1240. The molecule has 0 aliphatic heterocycles. The zero-order chi connectivity index (χ0) is 22.7. The van der Waals surface area contributed by atoms with Crippen LogP contribution in [0.3, 0.4) is 0 Å². The Morgan fingerprint density at radius 1 is 0.906 bits per heavy atom. The maximum Gasteiger partial charge on any atom is 0.418 e. The van der Waals surface area contributed by atoms with Crippen LogP contribution in [0, 0.1) is 6.92 Å². The highest BCUT2D eigenvalue weighted by molar-refractivity contribution is 6.02. The van der Waals surface area contributed by atoms with Gasteiger partial charge in [-0.2, -0.15) is 13.2 Å². The van der Waals surface area contributed by atoms with Crippen LogP contribution in [0.25, 0.3) is 22.5 Å². The smallest absolute Gasteiger partial charge is 0.307 e. The lowest BCUT2D eigenvalue weighted by Crippen LogP contribution is -2.22. The average Bonchev–Trinajstić information content (AvgIpc) is 3.29. The lowest BCUT2D eigenvalue weighted by atomic mass is 10.0. The molecule has 4 rings (SSSR count). The van der Waals surface area contributed by atoms with E-state index in [1.807, 2.05) is 31.2 Å². The molecule has 3 aromatic carbocycles. The zero-order valence-electron chi connectivity index (χ0n) is 16.7. The number of carbonyl (C=O) groups is 1. The van der Waals surface area contributed by atoms with Gasteiger partial charge in [0.1, 0.15) is 0 Å². The monoisotopic (exact) mass is 438 g/mol. The molecule has 0 fully saturated rings. The number of benzene rings is 3. The molecule has 0 aliphatic carbocycles. The summed E-state index contributed by atoms with van der Waals surface area (Å²) in [5.41, 5.74) is 2.42. The molecule has 32 heavy (non-hydrogen) atoms. The largest absolute Gasteiger partial charge is 0.418 e. The summed E-state index contributed by atoms with van der Waals surface area (Å²) in [6.07, 6.45) is -4.60. The first-order valence-electron chi connectivity index (χ1n) is 9.51. The van der Waals surface area contributed by atoms with Gasteiger partial charge in [0.2, 0.25) is 0 Å². The fourth-order valence-electron chi connectivity index (χ4n) is 3.16. The summed E-state index contributed by atoms with van der Waals surface area (Å²) in [7, 11) is 0. The number of tetrazole rings is 1. The van der Waals surface area contributed by atoms with Gasteiger partial charge in [0.15, 0.2) is 5.82 Å². The molecule has 10 heteroatoms. The quantitative estimate of drug-likeness (QED) is 0.392. The number of nitrogens with zero attached hydrogens (tertiary/aromatic N) is 3. The Kier molecular flexibility index (Phi) is 5.59. The summed E-state index contributed by atoms with van der Waals surface area (Å²) in [5, 5.41) is 18.5. The SMILES string of the molecule is Cc1ccc(-c2ccc(NC(=O)Nc3ccccc3C(F)(F)F)c(-c3nnn[nH]3)c2)cc1. The number of aromatic nitrogens is 4. The molecular weight excluding hydrogens is 421 g/mol. The molecule has 0 radical (unpaired) electrons. The van der Waals surface area contributed by atoms with Gasteiger partial charge in [0, 0.05) is 5.56 Å². The van der Waals surface area contributed by atoms with Gasteiger partial charge in [-0.1, -0.05) is 48.0 Å². The van der Waals surface area contributed by atoms with Crippen LogP contribution in [0.5, 0.6) is 0 Å². The van der Waals surface area contributed by atoms with Crippen molar-refractivity contribution in [1.29, 1.82) is 0 Å². The number of rotatable bonds is 4. The van der Waals surface area contributed by atoms with E-state index in [-0.39, 0.29) is 5.69 Å². The van der Waals surface area contributed by atoms with Crippen LogP contribution in [-0.4, -0.2) is 26.7 Å². The third kappa shape index (κ3) is 4.59. The van der Waals surface area contributed by atoms with Crippen molar-refractivity contribution in [2.45, 2.75) is 13.1 Å². The van der Waals surface area contributed by atoms with Gasteiger partial charge in [-0.05, 0) is 52.7 Å². The second-order valence-corrected chi connectivity index (χ2v) is 7.00. The van der Waals surface area contributed by atoms with Crippen LogP contribution >= 0.6 is 0 Å². The zero-order valence-corrected chi connectivity index (χ0v) is 16.7. The van der Waals surface area contributed by atoms with Crippen LogP contribution in [0.15, 0.2) is 66.7 Å². The molecule has 162 valence electrons. The Labute approximate surface area is 180 Å². The standard InChI is InChI=1S/C22H17F3N6O/c1-13-6-8-14(9-7-13)15-10-11-18(16(12-15)20-28-30-31-29-20)26-21(32)27-19-5-3-2-4-17(19)22(23,24)25/h2-12H,1H3,(H2,26,27,32)(H,28,29,30,31). The van der Waals surface area contributed by atoms with Gasteiger partial charge in [-0.25, -0.2) is 9.89 Å². The Hall–Kier alpha value is -4.21. The number of aromatic amines is 1. The third-order valence-corrected chi connectivity index (χ3v) is 4.73. The number of para-hydroxylation sites is 1. The molecule has 0 bridgehead atoms. The lowest BCUT2D eigenvalue weighted by Gasteiger charge is -2.15. The number of hydrogen-bond acceptors (Lipinski definition) is 4. The van der Waals surface area contributed by atoms with E-state index in [0.29, 0.717) is 17.1 Å². The number of halogens is 3. The highest BCUT2D eigenvalue weighted by Crippen LogP contribution is 2.35. The van der Waals surface area contributed by atoms with Crippen molar-refractivity contribution in [3.63, 3.8) is 0 Å². The van der Waals surface area contributed by atoms with E-state index in [0.717, 1.165) is 22.8 Å². The van der Waals surface area contributed by atoms with Gasteiger partial charge >= 0.3 is 12.2 Å². The average molecular weight is 438 g/mol. The first kappa shape index (κ1) is 21.0. The van der Waals surface area contributed by atoms with Crippen molar-refractivity contribution in [2.75, 3.05) is 10.6 Å². The molecule has 0 spiro atoms. The van der Waals surface area contributed by atoms with E-state index in [2.05, 4.69) is 31.3 Å². The van der Waals surface area contributed by atoms with Crippen LogP contribution in [0.2, 0.25) is 0 Å². The first-order valence-corrected chi connectivity index (χ1v) is 9.51. The van der Waals surface area contributed by atoms with Crippen molar-refractivity contribution in [1.82, 2.24) is 20.6 Å². The number of urea groups is 1. The van der Waals surface area contributed by atoms with Crippen molar-refractivity contribution < 1.29 is 18.0 Å². The van der Waals surface area contributed by atoms with Crippen molar-refractivity contribution in [2.24, 2.45) is 0 Å². The van der Waals surface area contributed by atoms with Crippen LogP contribution in [-0.2, 0) is 6.18 Å². The lowest BCUT2D eigenvalue weighted by molar-refractivity contribution is -0.136. The molecule has 0 unspecified atom stereocenters. The molecule has 4 aromatic rings. The highest BCUT2D eigenvalue weighted by atomic mass is 19.4. The summed E-state index contributed by atoms with van der Waals surface area (Å²) < 4.78 is 39.6. The van der Waals surface area contributed by atoms with Gasteiger partial charge in [0.05, 0.1) is 16.9 Å². The minimum Gasteiger partial charge on any atom is -0.307 e. The number of H-pyrrole nitrogens is 1. The predicted molar refractivity (Wildman–Crippen MR) is 114 cm³/mol. The first-order chi connectivity index (χ1) is 15.3. The molecule has 0 saturated carbocycles. The fourth-order valence-corrected chi connectivity index (χ4v) is 3.16. The van der Waals surface area contributed by atoms with E-state index < -0.39 is 17.8 Å². The molecule has 1 heterocycles. The van der Waals surface area contributed by atoms with Gasteiger partial charge in [-0.3, -0.25) is 0 Å². The second kappa shape index (κ2) is 8.50. The number of anilines is 2. The minimum absolute atomic E-state index is 0.296. The molecule has 3 N–H and O–H groups in total. The predicted octanol–water partition coefficient (Wildman–Crippen LogP) is 5.50. The summed E-state index contributed by atoms with van der Waals surface area (Å²) in [4.78, 5) is 12.5. The molecule has 7 nitrogen and oxygen atoms in total. The number of alkyl halides is 3. The van der Waals surface area contributed by atoms with Crippen molar-refractivity contribution in [3.05, 3.63) is 77.9 Å². The molecule has 0 saturated heterocycles. The Morgan fingerprint density at radius 3 is 2.28 bits per heavy atom. The third-order valence-electron chi connectivity index (χ3n) is 4.73. The van der Waals surface area contributed by atoms with Gasteiger partial charge < -0.3 is 10.6 Å². The van der Waals surface area contributed by atoms with Crippen LogP contribution < -0.4 is 10.6 Å². The van der Waals surface area contributed by atoms with Gasteiger partial charge in [-0.15, -0.1) is 5.10 Å². The summed E-state index contributed by atoms with van der Waals surface area (Å²) in [5.74, 6) is 0.296. The minimum atomic E-state index is -4.60. The van der Waals surface area contributed by atoms with E-state index in [1.54, 1.807) is 18.2 Å². The number of amides is 2. The fraction of sp³-hybridized carbons (Fsp3) is 0.0909. The van der Waals surface area contributed by atoms with E-state index >= 15 is 0 Å². The summed E-state index contributed by atoms with van der Waals surface area (Å²) in [6.45, 7) is 1.98. The highest BCUT2D eigenvalue weighted by Gasteiger charge is 2.33. The topological polar surface area (TPSA) is 95.6 Å². The molecule has 2 amide bonds. The Morgan fingerprint density at radius 2 is 1.59 bits per heavy atom. The Balaban J connectivity index is 1.64.